The van der Waals surface area contributed by atoms with Crippen LogP contribution in [0.2, 0.25) is 0 Å². The summed E-state index contributed by atoms with van der Waals surface area (Å²) in [4.78, 5) is 2.22. The van der Waals surface area contributed by atoms with Crippen LogP contribution in [0, 0.1) is 11.3 Å². The molecule has 1 aliphatic heterocycles. The fourth-order valence-electron chi connectivity index (χ4n) is 2.98. The monoisotopic (exact) mass is 278 g/mol. The van der Waals surface area contributed by atoms with E-state index in [0.717, 1.165) is 30.6 Å². The van der Waals surface area contributed by atoms with Gasteiger partial charge in [-0.1, -0.05) is 24.3 Å². The molecule has 2 aromatic rings. The molecule has 0 fully saturated rings. The van der Waals surface area contributed by atoms with Crippen LogP contribution in [0.4, 0.5) is 11.4 Å². The van der Waals surface area contributed by atoms with Gasteiger partial charge in [0.2, 0.25) is 0 Å². The van der Waals surface area contributed by atoms with E-state index < -0.39 is 6.10 Å². The molecule has 0 aromatic heterocycles. The normalized spacial score (nSPS) is 15.2. The van der Waals surface area contributed by atoms with Crippen LogP contribution in [0.3, 0.4) is 0 Å². The van der Waals surface area contributed by atoms with E-state index in [-0.39, 0.29) is 0 Å². The molecule has 0 bridgehead atoms. The number of benzene rings is 2. The SMILES string of the molecule is CC(O)c1ccc(C#N)cc1N1CCCc2ccccc21. The molecule has 0 amide bonds. The Morgan fingerprint density at radius 3 is 2.76 bits per heavy atom. The van der Waals surface area contributed by atoms with Crippen molar-refractivity contribution in [3.8, 4) is 6.07 Å². The van der Waals surface area contributed by atoms with Gasteiger partial charge in [0.05, 0.1) is 17.7 Å². The third-order valence-electron chi connectivity index (χ3n) is 4.01. The Morgan fingerprint density at radius 2 is 2.00 bits per heavy atom. The summed E-state index contributed by atoms with van der Waals surface area (Å²) in [6.07, 6.45) is 1.60. The number of para-hydroxylation sites is 1. The van der Waals surface area contributed by atoms with Crippen LogP contribution in [-0.4, -0.2) is 11.7 Å². The van der Waals surface area contributed by atoms with Crippen molar-refractivity contribution in [3.63, 3.8) is 0 Å². The van der Waals surface area contributed by atoms with Gasteiger partial charge in [-0.05, 0) is 43.5 Å². The second-order valence-corrected chi connectivity index (χ2v) is 5.45. The first-order valence-electron chi connectivity index (χ1n) is 7.28. The molecule has 2 aromatic carbocycles. The average molecular weight is 278 g/mol. The summed E-state index contributed by atoms with van der Waals surface area (Å²) in [6.45, 7) is 2.67. The zero-order chi connectivity index (χ0) is 14.8. The molecule has 0 spiro atoms. The minimum atomic E-state index is -0.554. The van der Waals surface area contributed by atoms with Gasteiger partial charge in [-0.2, -0.15) is 5.26 Å². The molecule has 1 atom stereocenters. The molecule has 0 radical (unpaired) electrons. The standard InChI is InChI=1S/C18H18N2O/c1-13(21)16-9-8-14(12-19)11-18(16)20-10-4-6-15-5-2-3-7-17(15)20/h2-3,5,7-9,11,13,21H,4,6,10H2,1H3. The van der Waals surface area contributed by atoms with E-state index in [1.807, 2.05) is 18.2 Å². The fourth-order valence-corrected chi connectivity index (χ4v) is 2.98. The Bertz CT molecular complexity index is 701. The van der Waals surface area contributed by atoms with E-state index in [2.05, 4.69) is 29.2 Å². The van der Waals surface area contributed by atoms with E-state index in [1.165, 1.54) is 11.3 Å². The predicted octanol–water partition coefficient (Wildman–Crippen LogP) is 3.70. The molecular formula is C18H18N2O. The van der Waals surface area contributed by atoms with Crippen molar-refractivity contribution in [3.05, 3.63) is 59.2 Å². The first-order chi connectivity index (χ1) is 10.2. The molecule has 1 heterocycles. The van der Waals surface area contributed by atoms with E-state index in [1.54, 1.807) is 13.0 Å². The van der Waals surface area contributed by atoms with Gasteiger partial charge in [-0.15, -0.1) is 0 Å². The summed E-state index contributed by atoms with van der Waals surface area (Å²) in [7, 11) is 0. The second kappa shape index (κ2) is 5.59. The highest BCUT2D eigenvalue weighted by atomic mass is 16.3. The number of aliphatic hydroxyl groups excluding tert-OH is 1. The lowest BCUT2D eigenvalue weighted by Gasteiger charge is -2.33. The maximum Gasteiger partial charge on any atom is 0.0992 e. The van der Waals surface area contributed by atoms with Gasteiger partial charge in [0.1, 0.15) is 0 Å². The quantitative estimate of drug-likeness (QED) is 0.911. The maximum absolute atomic E-state index is 10.0. The smallest absolute Gasteiger partial charge is 0.0992 e. The second-order valence-electron chi connectivity index (χ2n) is 5.45. The number of aliphatic hydroxyl groups is 1. The van der Waals surface area contributed by atoms with Crippen molar-refractivity contribution in [1.82, 2.24) is 0 Å². The summed E-state index contributed by atoms with van der Waals surface area (Å²) in [5.74, 6) is 0. The Hall–Kier alpha value is -2.31. The van der Waals surface area contributed by atoms with Crippen LogP contribution in [0.1, 0.15) is 36.1 Å². The molecule has 3 rings (SSSR count). The average Bonchev–Trinajstić information content (AvgIpc) is 2.53. The molecule has 1 unspecified atom stereocenters. The van der Waals surface area contributed by atoms with Crippen molar-refractivity contribution < 1.29 is 5.11 Å². The van der Waals surface area contributed by atoms with Crippen LogP contribution in [0.5, 0.6) is 0 Å². The van der Waals surface area contributed by atoms with Gasteiger partial charge in [0.25, 0.3) is 0 Å². The molecule has 3 nitrogen and oxygen atoms in total. The highest BCUT2D eigenvalue weighted by Gasteiger charge is 2.21. The lowest BCUT2D eigenvalue weighted by atomic mass is 9.98. The van der Waals surface area contributed by atoms with E-state index in [9.17, 15) is 5.11 Å². The zero-order valence-corrected chi connectivity index (χ0v) is 12.1. The lowest BCUT2D eigenvalue weighted by Crippen LogP contribution is -2.25. The van der Waals surface area contributed by atoms with Crippen molar-refractivity contribution in [2.45, 2.75) is 25.9 Å². The fraction of sp³-hybridized carbons (Fsp3) is 0.278. The summed E-state index contributed by atoms with van der Waals surface area (Å²) in [5, 5.41) is 19.2. The van der Waals surface area contributed by atoms with Gasteiger partial charge in [-0.3, -0.25) is 0 Å². The summed E-state index contributed by atoms with van der Waals surface area (Å²) < 4.78 is 0. The van der Waals surface area contributed by atoms with Gasteiger partial charge < -0.3 is 10.0 Å². The third kappa shape index (κ3) is 2.51. The number of hydrogen-bond donors (Lipinski definition) is 1. The van der Waals surface area contributed by atoms with Crippen molar-refractivity contribution in [2.24, 2.45) is 0 Å². The van der Waals surface area contributed by atoms with Gasteiger partial charge in [0.15, 0.2) is 0 Å². The largest absolute Gasteiger partial charge is 0.389 e. The molecule has 106 valence electrons. The predicted molar refractivity (Wildman–Crippen MR) is 83.6 cm³/mol. The molecule has 0 saturated heterocycles. The number of hydrogen-bond acceptors (Lipinski definition) is 3. The number of fused-ring (bicyclic) bond motifs is 1. The third-order valence-corrected chi connectivity index (χ3v) is 4.01. The van der Waals surface area contributed by atoms with E-state index in [4.69, 9.17) is 5.26 Å². The first-order valence-corrected chi connectivity index (χ1v) is 7.28. The van der Waals surface area contributed by atoms with Crippen molar-refractivity contribution >= 4 is 11.4 Å². The van der Waals surface area contributed by atoms with E-state index in [0.29, 0.717) is 5.56 Å². The highest BCUT2D eigenvalue weighted by Crippen LogP contribution is 2.37. The topological polar surface area (TPSA) is 47.3 Å². The molecule has 1 aliphatic rings. The van der Waals surface area contributed by atoms with Crippen LogP contribution >= 0.6 is 0 Å². The lowest BCUT2D eigenvalue weighted by molar-refractivity contribution is 0.199. The van der Waals surface area contributed by atoms with Crippen LogP contribution < -0.4 is 4.90 Å². The minimum Gasteiger partial charge on any atom is -0.389 e. The molecule has 0 saturated carbocycles. The zero-order valence-electron chi connectivity index (χ0n) is 12.1. The summed E-state index contributed by atoms with van der Waals surface area (Å²) >= 11 is 0. The molecule has 21 heavy (non-hydrogen) atoms. The number of nitrogens with zero attached hydrogens (tertiary/aromatic N) is 2. The van der Waals surface area contributed by atoms with Crippen LogP contribution in [0.15, 0.2) is 42.5 Å². The summed E-state index contributed by atoms with van der Waals surface area (Å²) in [6, 6.07) is 16.0. The Kier molecular flexibility index (Phi) is 3.64. The van der Waals surface area contributed by atoms with Crippen LogP contribution in [0.25, 0.3) is 0 Å². The van der Waals surface area contributed by atoms with Crippen molar-refractivity contribution in [1.29, 1.82) is 5.26 Å². The van der Waals surface area contributed by atoms with Gasteiger partial charge in [0, 0.05) is 23.5 Å². The highest BCUT2D eigenvalue weighted by molar-refractivity contribution is 5.71. The van der Waals surface area contributed by atoms with Crippen LogP contribution in [-0.2, 0) is 6.42 Å². The molecule has 3 heteroatoms. The molecule has 1 N–H and O–H groups in total. The Labute approximate surface area is 125 Å². The number of anilines is 2. The Morgan fingerprint density at radius 1 is 1.19 bits per heavy atom. The number of nitriles is 1. The minimum absolute atomic E-state index is 0.554. The molecule has 0 aliphatic carbocycles. The van der Waals surface area contributed by atoms with Crippen molar-refractivity contribution in [2.75, 3.05) is 11.4 Å². The van der Waals surface area contributed by atoms with Gasteiger partial charge >= 0.3 is 0 Å². The van der Waals surface area contributed by atoms with Gasteiger partial charge in [-0.25, -0.2) is 0 Å². The maximum atomic E-state index is 10.0. The van der Waals surface area contributed by atoms with E-state index >= 15 is 0 Å². The first kappa shape index (κ1) is 13.7. The summed E-state index contributed by atoms with van der Waals surface area (Å²) in [5.41, 5.74) is 4.93. The Balaban J connectivity index is 2.15. The molecular weight excluding hydrogens is 260 g/mol. The number of rotatable bonds is 2. The number of aryl methyl sites for hydroxylation is 1.